The number of nitriles is 1. The molecule has 34 heavy (non-hydrogen) atoms. The number of hydrogen-bond acceptors (Lipinski definition) is 6. The summed E-state index contributed by atoms with van der Waals surface area (Å²) < 4.78 is 34.4. The van der Waals surface area contributed by atoms with E-state index < -0.39 is 17.3 Å². The Morgan fingerprint density at radius 3 is 2.71 bits per heavy atom. The third-order valence-corrected chi connectivity index (χ3v) is 5.93. The molecule has 0 amide bonds. The van der Waals surface area contributed by atoms with Gasteiger partial charge in [-0.2, -0.15) is 9.65 Å². The van der Waals surface area contributed by atoms with Crippen molar-refractivity contribution in [3.8, 4) is 28.6 Å². The van der Waals surface area contributed by atoms with Crippen molar-refractivity contribution in [3.05, 3.63) is 82.2 Å². The first kappa shape index (κ1) is 21.7. The van der Waals surface area contributed by atoms with Crippen LogP contribution in [0.2, 0.25) is 0 Å². The highest BCUT2D eigenvalue weighted by Crippen LogP contribution is 2.31. The van der Waals surface area contributed by atoms with Gasteiger partial charge < -0.3 is 10.1 Å². The molecule has 170 valence electrons. The second-order valence-corrected chi connectivity index (χ2v) is 7.98. The van der Waals surface area contributed by atoms with Crippen molar-refractivity contribution in [2.24, 2.45) is 0 Å². The lowest BCUT2D eigenvalue weighted by Gasteiger charge is -2.20. The van der Waals surface area contributed by atoms with Crippen LogP contribution >= 0.6 is 0 Å². The average molecular weight is 459 g/mol. The third-order valence-electron chi connectivity index (χ3n) is 5.93. The predicted octanol–water partition coefficient (Wildman–Crippen LogP) is 4.03. The zero-order chi connectivity index (χ0) is 23.8. The number of fused-ring (bicyclic) bond motifs is 1. The Morgan fingerprint density at radius 2 is 2.06 bits per heavy atom. The summed E-state index contributed by atoms with van der Waals surface area (Å²) in [4.78, 5) is 22.4. The third kappa shape index (κ3) is 3.68. The fourth-order valence-electron chi connectivity index (χ4n) is 4.31. The van der Waals surface area contributed by atoms with Crippen LogP contribution < -0.4 is 15.6 Å². The van der Waals surface area contributed by atoms with E-state index in [1.165, 1.54) is 48.2 Å². The van der Waals surface area contributed by atoms with Crippen LogP contribution in [0.3, 0.4) is 0 Å². The van der Waals surface area contributed by atoms with Crippen LogP contribution in [0.1, 0.15) is 30.3 Å². The molecule has 7 nitrogen and oxygen atoms in total. The van der Waals surface area contributed by atoms with E-state index in [2.05, 4.69) is 16.4 Å². The Labute approximate surface area is 193 Å². The Morgan fingerprint density at radius 1 is 1.21 bits per heavy atom. The van der Waals surface area contributed by atoms with Gasteiger partial charge in [-0.3, -0.25) is 9.36 Å². The maximum absolute atomic E-state index is 14.6. The molecular formula is C25H19F2N5O2. The standard InChI is InChI=1S/C25H19F2N5O2/c1-34-21-6-5-16(11-19(21)26)32-24(20-3-2-8-29-20)31-23-17(15-4-7-22(27)30-13-15)9-14(12-28)10-18(23)25(32)33/h4-7,9-11,13,20,29H,2-3,8H2,1H3/t20-/m1/s1. The van der Waals surface area contributed by atoms with Gasteiger partial charge in [0.2, 0.25) is 5.95 Å². The van der Waals surface area contributed by atoms with Crippen molar-refractivity contribution in [2.45, 2.75) is 18.9 Å². The molecule has 1 atom stereocenters. The summed E-state index contributed by atoms with van der Waals surface area (Å²) in [6.45, 7) is 0.762. The van der Waals surface area contributed by atoms with E-state index in [0.717, 1.165) is 19.4 Å². The predicted molar refractivity (Wildman–Crippen MR) is 122 cm³/mol. The molecule has 5 rings (SSSR count). The molecule has 2 aromatic heterocycles. The molecule has 1 N–H and O–H groups in total. The summed E-state index contributed by atoms with van der Waals surface area (Å²) in [5.74, 6) is -0.761. The van der Waals surface area contributed by atoms with Crippen molar-refractivity contribution in [1.82, 2.24) is 19.9 Å². The largest absolute Gasteiger partial charge is 0.494 e. The van der Waals surface area contributed by atoms with Gasteiger partial charge in [0.05, 0.1) is 41.4 Å². The van der Waals surface area contributed by atoms with Crippen LogP contribution in [-0.4, -0.2) is 28.2 Å². The molecule has 3 heterocycles. The molecule has 0 saturated carbocycles. The minimum atomic E-state index is -0.641. The molecule has 1 aliphatic heterocycles. The highest BCUT2D eigenvalue weighted by atomic mass is 19.1. The Kier molecular flexibility index (Phi) is 5.51. The SMILES string of the molecule is COc1ccc(-n2c([C@H]3CCCN3)nc3c(-c4ccc(F)nc4)cc(C#N)cc3c2=O)cc1F. The summed E-state index contributed by atoms with van der Waals surface area (Å²) in [6, 6.07) is 11.9. The van der Waals surface area contributed by atoms with Crippen molar-refractivity contribution in [1.29, 1.82) is 5.26 Å². The number of nitrogens with one attached hydrogen (secondary N) is 1. The number of hydrogen-bond donors (Lipinski definition) is 1. The fraction of sp³-hybridized carbons (Fsp3) is 0.200. The first-order chi connectivity index (χ1) is 16.5. The normalized spacial score (nSPS) is 15.4. The highest BCUT2D eigenvalue weighted by Gasteiger charge is 2.25. The van der Waals surface area contributed by atoms with E-state index in [0.29, 0.717) is 28.2 Å². The molecule has 4 aromatic rings. The quantitative estimate of drug-likeness (QED) is 0.463. The first-order valence-corrected chi connectivity index (χ1v) is 10.7. The number of aromatic nitrogens is 3. The lowest BCUT2D eigenvalue weighted by atomic mass is 10.0. The van der Waals surface area contributed by atoms with Gasteiger partial charge in [0.25, 0.3) is 5.56 Å². The summed E-state index contributed by atoms with van der Waals surface area (Å²) in [5, 5.41) is 13.1. The number of nitrogens with zero attached hydrogens (tertiary/aromatic N) is 4. The van der Waals surface area contributed by atoms with Crippen molar-refractivity contribution < 1.29 is 13.5 Å². The van der Waals surface area contributed by atoms with Crippen molar-refractivity contribution in [2.75, 3.05) is 13.7 Å². The second-order valence-electron chi connectivity index (χ2n) is 7.98. The zero-order valence-electron chi connectivity index (χ0n) is 18.2. The first-order valence-electron chi connectivity index (χ1n) is 10.7. The van der Waals surface area contributed by atoms with Crippen LogP contribution in [0.15, 0.2) is 53.5 Å². The second kappa shape index (κ2) is 8.65. The summed E-state index contributed by atoms with van der Waals surface area (Å²) in [5.41, 5.74) is 1.48. The minimum Gasteiger partial charge on any atom is -0.494 e. The maximum atomic E-state index is 14.6. The molecule has 0 aliphatic carbocycles. The minimum absolute atomic E-state index is 0.0592. The molecule has 0 radical (unpaired) electrons. The molecule has 1 fully saturated rings. The Hall–Kier alpha value is -4.16. The molecule has 0 spiro atoms. The summed E-state index contributed by atoms with van der Waals surface area (Å²) in [7, 11) is 1.37. The average Bonchev–Trinajstić information content (AvgIpc) is 3.39. The smallest absolute Gasteiger partial charge is 0.266 e. The Bertz CT molecular complexity index is 1500. The number of pyridine rings is 1. The van der Waals surface area contributed by atoms with Crippen molar-refractivity contribution in [3.63, 3.8) is 0 Å². The van der Waals surface area contributed by atoms with Crippen LogP contribution in [-0.2, 0) is 0 Å². The molecule has 1 aliphatic rings. The van der Waals surface area contributed by atoms with Crippen molar-refractivity contribution >= 4 is 10.9 Å². The van der Waals surface area contributed by atoms with Crippen LogP contribution in [0.4, 0.5) is 8.78 Å². The van der Waals surface area contributed by atoms with Gasteiger partial charge in [0.15, 0.2) is 11.6 Å². The van der Waals surface area contributed by atoms with E-state index in [-0.39, 0.29) is 22.7 Å². The molecular weight excluding hydrogens is 440 g/mol. The van der Waals surface area contributed by atoms with Crippen LogP contribution in [0.5, 0.6) is 5.75 Å². The summed E-state index contributed by atoms with van der Waals surface area (Å²) >= 11 is 0. The van der Waals surface area contributed by atoms with Gasteiger partial charge in [-0.15, -0.1) is 0 Å². The molecule has 1 saturated heterocycles. The number of benzene rings is 2. The monoisotopic (exact) mass is 459 g/mol. The van der Waals surface area contributed by atoms with Gasteiger partial charge in [0, 0.05) is 23.4 Å². The van der Waals surface area contributed by atoms with Crippen LogP contribution in [0.25, 0.3) is 27.7 Å². The fourth-order valence-corrected chi connectivity index (χ4v) is 4.31. The Balaban J connectivity index is 1.85. The topological polar surface area (TPSA) is 92.8 Å². The molecule has 0 bridgehead atoms. The van der Waals surface area contributed by atoms with E-state index in [1.807, 2.05) is 0 Å². The number of ether oxygens (including phenoxy) is 1. The molecule has 9 heteroatoms. The van der Waals surface area contributed by atoms with E-state index in [1.54, 1.807) is 12.1 Å². The zero-order valence-corrected chi connectivity index (χ0v) is 18.2. The number of rotatable bonds is 4. The van der Waals surface area contributed by atoms with Crippen LogP contribution in [0, 0.1) is 23.1 Å². The van der Waals surface area contributed by atoms with Gasteiger partial charge in [-0.05, 0) is 55.8 Å². The van der Waals surface area contributed by atoms with Gasteiger partial charge in [-0.25, -0.2) is 14.4 Å². The molecule has 0 unspecified atom stereocenters. The molecule has 2 aromatic carbocycles. The summed E-state index contributed by atoms with van der Waals surface area (Å²) in [6.07, 6.45) is 2.99. The number of methoxy groups -OCH3 is 1. The van der Waals surface area contributed by atoms with Gasteiger partial charge >= 0.3 is 0 Å². The highest BCUT2D eigenvalue weighted by molar-refractivity contribution is 5.94. The van der Waals surface area contributed by atoms with E-state index in [9.17, 15) is 18.8 Å². The van der Waals surface area contributed by atoms with Gasteiger partial charge in [-0.1, -0.05) is 0 Å². The van der Waals surface area contributed by atoms with E-state index >= 15 is 0 Å². The number of halogens is 2. The van der Waals surface area contributed by atoms with Gasteiger partial charge in [0.1, 0.15) is 5.82 Å². The maximum Gasteiger partial charge on any atom is 0.266 e. The lowest BCUT2D eigenvalue weighted by Crippen LogP contribution is -2.29. The lowest BCUT2D eigenvalue weighted by molar-refractivity contribution is 0.386. The van der Waals surface area contributed by atoms with E-state index in [4.69, 9.17) is 9.72 Å².